The number of ether oxygens (including phenoxy) is 1. The van der Waals surface area contributed by atoms with E-state index < -0.39 is 5.82 Å². The van der Waals surface area contributed by atoms with E-state index in [0.717, 1.165) is 5.56 Å². The number of aryl methyl sites for hydroxylation is 1. The van der Waals surface area contributed by atoms with Gasteiger partial charge in [-0.05, 0) is 18.1 Å². The molecule has 4 heteroatoms. The highest BCUT2D eigenvalue weighted by atomic mass is 19.1. The number of carbonyl (C=O) groups is 1. The van der Waals surface area contributed by atoms with Crippen LogP contribution >= 0.6 is 0 Å². The van der Waals surface area contributed by atoms with Crippen LogP contribution in [0.15, 0.2) is 12.1 Å². The first-order valence-electron chi connectivity index (χ1n) is 4.72. The number of methoxy groups -OCH3 is 1. The fourth-order valence-corrected chi connectivity index (χ4v) is 1.42. The molecule has 3 nitrogen and oxygen atoms in total. The normalized spacial score (nSPS) is 9.87. The van der Waals surface area contributed by atoms with Gasteiger partial charge in [0.2, 0.25) is 5.91 Å². The average Bonchev–Trinajstić information content (AvgIpc) is 2.15. The minimum atomic E-state index is -0.458. The van der Waals surface area contributed by atoms with Crippen LogP contribution in [0.3, 0.4) is 0 Å². The second-order valence-corrected chi connectivity index (χ2v) is 3.19. The number of anilines is 1. The molecule has 1 aromatic rings. The van der Waals surface area contributed by atoms with Crippen LogP contribution in [-0.4, -0.2) is 13.0 Å². The minimum absolute atomic E-state index is 0.221. The Bertz CT molecular complexity index is 377. The van der Waals surface area contributed by atoms with Crippen LogP contribution in [0.1, 0.15) is 19.4 Å². The van der Waals surface area contributed by atoms with Gasteiger partial charge in [0.1, 0.15) is 0 Å². The highest BCUT2D eigenvalue weighted by molar-refractivity contribution is 5.88. The van der Waals surface area contributed by atoms with Crippen LogP contribution in [0.5, 0.6) is 5.75 Å². The first-order valence-corrected chi connectivity index (χ1v) is 4.72. The lowest BCUT2D eigenvalue weighted by Gasteiger charge is -2.10. The first-order chi connectivity index (χ1) is 7.08. The molecular weight excluding hydrogens is 197 g/mol. The molecule has 1 N–H and O–H groups in total. The molecule has 0 aliphatic rings. The van der Waals surface area contributed by atoms with Gasteiger partial charge in [0.25, 0.3) is 0 Å². The molecule has 0 bridgehead atoms. The fourth-order valence-electron chi connectivity index (χ4n) is 1.42. The summed E-state index contributed by atoms with van der Waals surface area (Å²) in [4.78, 5) is 10.8. The maximum Gasteiger partial charge on any atom is 0.221 e. The predicted molar refractivity (Wildman–Crippen MR) is 56.6 cm³/mol. The molecule has 0 radical (unpaired) electrons. The lowest BCUT2D eigenvalue weighted by Crippen LogP contribution is -2.07. The summed E-state index contributed by atoms with van der Waals surface area (Å²) in [6.07, 6.45) is 0.646. The van der Waals surface area contributed by atoms with Gasteiger partial charge in [0.15, 0.2) is 11.6 Å². The molecule has 1 amide bonds. The molecule has 0 aromatic heterocycles. The van der Waals surface area contributed by atoms with Gasteiger partial charge >= 0.3 is 0 Å². The number of rotatable bonds is 3. The van der Waals surface area contributed by atoms with E-state index in [-0.39, 0.29) is 11.7 Å². The van der Waals surface area contributed by atoms with Crippen LogP contribution < -0.4 is 10.1 Å². The van der Waals surface area contributed by atoms with E-state index >= 15 is 0 Å². The maximum absolute atomic E-state index is 13.5. The standard InChI is InChI=1S/C11H14FNO2/c1-4-8-5-9(13-7(2)14)6-10(12)11(8)15-3/h5-6H,4H2,1-3H3,(H,13,14). The molecule has 0 saturated heterocycles. The summed E-state index contributed by atoms with van der Waals surface area (Å²) < 4.78 is 18.4. The summed E-state index contributed by atoms with van der Waals surface area (Å²) in [5, 5.41) is 2.54. The molecule has 1 rings (SSSR count). The maximum atomic E-state index is 13.5. The van der Waals surface area contributed by atoms with Gasteiger partial charge in [-0.2, -0.15) is 0 Å². The number of hydrogen-bond acceptors (Lipinski definition) is 2. The van der Waals surface area contributed by atoms with Gasteiger partial charge < -0.3 is 10.1 Å². The van der Waals surface area contributed by atoms with E-state index in [4.69, 9.17) is 4.74 Å². The molecule has 1 aromatic carbocycles. The lowest BCUT2D eigenvalue weighted by atomic mass is 10.1. The van der Waals surface area contributed by atoms with Crippen LogP contribution in [0, 0.1) is 5.82 Å². The Kier molecular flexibility index (Phi) is 3.66. The van der Waals surface area contributed by atoms with Crippen molar-refractivity contribution in [3.05, 3.63) is 23.5 Å². The Hall–Kier alpha value is -1.58. The third-order valence-corrected chi connectivity index (χ3v) is 2.03. The molecule has 0 heterocycles. The summed E-state index contributed by atoms with van der Waals surface area (Å²) in [5.74, 6) is -0.436. The Morgan fingerprint density at radius 2 is 2.20 bits per heavy atom. The zero-order chi connectivity index (χ0) is 11.4. The molecule has 0 aliphatic carbocycles. The highest BCUT2D eigenvalue weighted by Gasteiger charge is 2.10. The predicted octanol–water partition coefficient (Wildman–Crippen LogP) is 2.36. The van der Waals surface area contributed by atoms with Crippen molar-refractivity contribution in [1.82, 2.24) is 0 Å². The first kappa shape index (κ1) is 11.5. The van der Waals surface area contributed by atoms with Gasteiger partial charge in [-0.25, -0.2) is 4.39 Å². The number of carbonyl (C=O) groups excluding carboxylic acids is 1. The second kappa shape index (κ2) is 4.77. The number of halogens is 1. The molecule has 0 fully saturated rings. The quantitative estimate of drug-likeness (QED) is 0.833. The summed E-state index contributed by atoms with van der Waals surface area (Å²) in [7, 11) is 1.43. The third-order valence-electron chi connectivity index (χ3n) is 2.03. The van der Waals surface area contributed by atoms with Crippen LogP contribution in [0.25, 0.3) is 0 Å². The topological polar surface area (TPSA) is 38.3 Å². The Labute approximate surface area is 88.2 Å². The Morgan fingerprint density at radius 3 is 2.67 bits per heavy atom. The SMILES string of the molecule is CCc1cc(NC(C)=O)cc(F)c1OC. The van der Waals surface area contributed by atoms with E-state index in [1.807, 2.05) is 6.92 Å². The molecular formula is C11H14FNO2. The van der Waals surface area contributed by atoms with Crippen molar-refractivity contribution >= 4 is 11.6 Å². The summed E-state index contributed by atoms with van der Waals surface area (Å²) in [6, 6.07) is 2.96. The van der Waals surface area contributed by atoms with Gasteiger partial charge in [0, 0.05) is 18.7 Å². The van der Waals surface area contributed by atoms with Crippen molar-refractivity contribution in [3.63, 3.8) is 0 Å². The molecule has 15 heavy (non-hydrogen) atoms. The smallest absolute Gasteiger partial charge is 0.221 e. The zero-order valence-electron chi connectivity index (χ0n) is 9.06. The Balaban J connectivity index is 3.13. The number of benzene rings is 1. The van der Waals surface area contributed by atoms with E-state index in [9.17, 15) is 9.18 Å². The van der Waals surface area contributed by atoms with Gasteiger partial charge in [-0.3, -0.25) is 4.79 Å². The minimum Gasteiger partial charge on any atom is -0.493 e. The molecule has 0 unspecified atom stereocenters. The van der Waals surface area contributed by atoms with Crippen molar-refractivity contribution in [2.24, 2.45) is 0 Å². The van der Waals surface area contributed by atoms with E-state index in [1.54, 1.807) is 6.07 Å². The summed E-state index contributed by atoms with van der Waals surface area (Å²) in [6.45, 7) is 3.28. The fraction of sp³-hybridized carbons (Fsp3) is 0.364. The van der Waals surface area contributed by atoms with Crippen molar-refractivity contribution in [2.75, 3.05) is 12.4 Å². The van der Waals surface area contributed by atoms with Crippen molar-refractivity contribution in [2.45, 2.75) is 20.3 Å². The van der Waals surface area contributed by atoms with Crippen LogP contribution in [0.2, 0.25) is 0 Å². The van der Waals surface area contributed by atoms with E-state index in [0.29, 0.717) is 12.1 Å². The van der Waals surface area contributed by atoms with Crippen LogP contribution in [-0.2, 0) is 11.2 Å². The van der Waals surface area contributed by atoms with Crippen molar-refractivity contribution in [1.29, 1.82) is 0 Å². The molecule has 0 atom stereocenters. The van der Waals surface area contributed by atoms with Gasteiger partial charge in [0.05, 0.1) is 7.11 Å². The Morgan fingerprint density at radius 1 is 1.53 bits per heavy atom. The summed E-state index contributed by atoms with van der Waals surface area (Å²) in [5.41, 5.74) is 1.19. The van der Waals surface area contributed by atoms with Gasteiger partial charge in [-0.1, -0.05) is 6.92 Å². The highest BCUT2D eigenvalue weighted by Crippen LogP contribution is 2.27. The van der Waals surface area contributed by atoms with E-state index in [2.05, 4.69) is 5.32 Å². The monoisotopic (exact) mass is 211 g/mol. The largest absolute Gasteiger partial charge is 0.493 e. The molecule has 82 valence electrons. The number of hydrogen-bond donors (Lipinski definition) is 1. The molecule has 0 aliphatic heterocycles. The molecule has 0 spiro atoms. The zero-order valence-corrected chi connectivity index (χ0v) is 9.06. The molecule has 0 saturated carbocycles. The van der Waals surface area contributed by atoms with E-state index in [1.165, 1.54) is 20.1 Å². The van der Waals surface area contributed by atoms with Crippen molar-refractivity contribution < 1.29 is 13.9 Å². The summed E-state index contributed by atoms with van der Waals surface area (Å²) >= 11 is 0. The number of nitrogens with one attached hydrogen (secondary N) is 1. The second-order valence-electron chi connectivity index (χ2n) is 3.19. The number of amides is 1. The van der Waals surface area contributed by atoms with Crippen molar-refractivity contribution in [3.8, 4) is 5.75 Å². The lowest BCUT2D eigenvalue weighted by molar-refractivity contribution is -0.114. The average molecular weight is 211 g/mol. The third kappa shape index (κ3) is 2.68. The van der Waals surface area contributed by atoms with Crippen LogP contribution in [0.4, 0.5) is 10.1 Å². The van der Waals surface area contributed by atoms with Gasteiger partial charge in [-0.15, -0.1) is 0 Å².